The third-order valence-corrected chi connectivity index (χ3v) is 14.6. The Morgan fingerprint density at radius 2 is 0.877 bits per heavy atom. The molecule has 1 amide bonds. The molecule has 12 unspecified atom stereocenters. The van der Waals surface area contributed by atoms with Crippen LogP contribution in [0.5, 0.6) is 0 Å². The van der Waals surface area contributed by atoms with E-state index in [1.807, 2.05) is 6.08 Å². The number of hydrogen-bond acceptors (Lipinski definition) is 13. The summed E-state index contributed by atoms with van der Waals surface area (Å²) in [6.45, 7) is 2.79. The molecule has 0 aromatic rings. The van der Waals surface area contributed by atoms with Crippen molar-refractivity contribution in [2.24, 2.45) is 0 Å². The van der Waals surface area contributed by atoms with Gasteiger partial charge in [-0.1, -0.05) is 224 Å². The zero-order valence-corrected chi connectivity index (χ0v) is 45.9. The smallest absolute Gasteiger partial charge is 0.220 e. The molecule has 14 heteroatoms. The van der Waals surface area contributed by atoms with Crippen molar-refractivity contribution in [3.8, 4) is 0 Å². The van der Waals surface area contributed by atoms with Crippen LogP contribution in [0.2, 0.25) is 0 Å². The molecule has 0 aliphatic carbocycles. The summed E-state index contributed by atoms with van der Waals surface area (Å²) in [7, 11) is 0. The minimum absolute atomic E-state index is 0.251. The van der Waals surface area contributed by atoms with Crippen molar-refractivity contribution in [2.45, 2.75) is 312 Å². The molecule has 0 spiro atoms. The number of ether oxygens (including phenoxy) is 4. The molecule has 0 aromatic carbocycles. The van der Waals surface area contributed by atoms with E-state index in [4.69, 9.17) is 18.9 Å². The van der Waals surface area contributed by atoms with Crippen molar-refractivity contribution >= 4 is 5.91 Å². The van der Waals surface area contributed by atoms with E-state index in [0.29, 0.717) is 12.8 Å². The van der Waals surface area contributed by atoms with Gasteiger partial charge in [0.1, 0.15) is 48.8 Å². The van der Waals surface area contributed by atoms with Crippen LogP contribution in [-0.2, 0) is 23.7 Å². The first-order valence-corrected chi connectivity index (χ1v) is 29.7. The number of unbranched alkanes of at least 4 members (excludes halogenated alkanes) is 30. The lowest BCUT2D eigenvalue weighted by Gasteiger charge is -2.46. The van der Waals surface area contributed by atoms with Crippen molar-refractivity contribution in [1.29, 1.82) is 0 Å². The molecule has 0 saturated carbocycles. The van der Waals surface area contributed by atoms with Gasteiger partial charge in [-0.3, -0.25) is 4.79 Å². The largest absolute Gasteiger partial charge is 0.394 e. The van der Waals surface area contributed by atoms with Gasteiger partial charge in [0.2, 0.25) is 5.91 Å². The van der Waals surface area contributed by atoms with Gasteiger partial charge in [-0.25, -0.2) is 0 Å². The van der Waals surface area contributed by atoms with Crippen LogP contribution in [-0.4, -0.2) is 140 Å². The van der Waals surface area contributed by atoms with Crippen LogP contribution in [0.3, 0.4) is 0 Å². The second-order valence-corrected chi connectivity index (χ2v) is 21.1. The summed E-state index contributed by atoms with van der Waals surface area (Å²) < 4.78 is 22.7. The first-order valence-electron chi connectivity index (χ1n) is 29.7. The van der Waals surface area contributed by atoms with E-state index < -0.39 is 86.8 Å². The molecule has 0 radical (unpaired) electrons. The van der Waals surface area contributed by atoms with Crippen molar-refractivity contribution < 1.29 is 64.6 Å². The Labute approximate surface area is 442 Å². The van der Waals surface area contributed by atoms with Crippen LogP contribution in [0.25, 0.3) is 0 Å². The van der Waals surface area contributed by atoms with Crippen molar-refractivity contribution in [2.75, 3.05) is 19.8 Å². The molecule has 2 saturated heterocycles. The normalized spacial score (nSPS) is 25.6. The van der Waals surface area contributed by atoms with E-state index in [1.54, 1.807) is 6.08 Å². The Kier molecular flexibility index (Phi) is 41.7. The Morgan fingerprint density at radius 3 is 1.34 bits per heavy atom. The Hall–Kier alpha value is -1.79. The second-order valence-electron chi connectivity index (χ2n) is 21.1. The quantitative estimate of drug-likeness (QED) is 0.0205. The number of aliphatic hydroxyl groups is 8. The molecular weight excluding hydrogens is 931 g/mol. The fourth-order valence-electron chi connectivity index (χ4n) is 9.74. The molecular formula is C59H109NO13. The predicted octanol–water partition coefficient (Wildman–Crippen LogP) is 9.83. The topological polar surface area (TPSA) is 228 Å². The Morgan fingerprint density at radius 1 is 0.479 bits per heavy atom. The van der Waals surface area contributed by atoms with E-state index in [0.717, 1.165) is 44.9 Å². The van der Waals surface area contributed by atoms with Gasteiger partial charge in [0.05, 0.1) is 32.0 Å². The van der Waals surface area contributed by atoms with E-state index >= 15 is 0 Å². The van der Waals surface area contributed by atoms with Gasteiger partial charge in [0, 0.05) is 6.42 Å². The molecule has 2 rings (SSSR count). The first kappa shape index (κ1) is 67.3. The fourth-order valence-corrected chi connectivity index (χ4v) is 9.74. The van der Waals surface area contributed by atoms with Gasteiger partial charge in [0.25, 0.3) is 0 Å². The highest BCUT2D eigenvalue weighted by Gasteiger charge is 2.51. The lowest BCUT2D eigenvalue weighted by atomic mass is 9.97. The van der Waals surface area contributed by atoms with Gasteiger partial charge in [-0.2, -0.15) is 0 Å². The van der Waals surface area contributed by atoms with Gasteiger partial charge >= 0.3 is 0 Å². The van der Waals surface area contributed by atoms with Crippen LogP contribution in [0.4, 0.5) is 0 Å². The number of hydrogen-bond donors (Lipinski definition) is 9. The fraction of sp³-hybridized carbons (Fsp3) is 0.881. The molecule has 9 N–H and O–H groups in total. The first-order chi connectivity index (χ1) is 35.6. The molecule has 2 aliphatic rings. The number of amides is 1. The molecule has 428 valence electrons. The highest BCUT2D eigenvalue weighted by Crippen LogP contribution is 2.30. The van der Waals surface area contributed by atoms with Crippen molar-refractivity contribution in [3.63, 3.8) is 0 Å². The zero-order chi connectivity index (χ0) is 53.2. The molecule has 0 bridgehead atoms. The second kappa shape index (κ2) is 45.3. The number of nitrogens with one attached hydrogen (secondary N) is 1. The SMILES string of the molecule is CCCCCCCCCCCCCCC/C=C/CC/C=C/CC/C=C/C(O)C(COC1OC(CO)C(OC2OC(CO)C(O)C(O)C2O)C(O)C1O)NC(=O)CCCCCCCCCCCCCCCCCC. The van der Waals surface area contributed by atoms with E-state index in [-0.39, 0.29) is 18.9 Å². The zero-order valence-electron chi connectivity index (χ0n) is 45.9. The molecule has 12 atom stereocenters. The number of carbonyl (C=O) groups excluding carboxylic acids is 1. The third kappa shape index (κ3) is 31.3. The summed E-state index contributed by atoms with van der Waals surface area (Å²) in [6, 6.07) is -0.935. The van der Waals surface area contributed by atoms with Gasteiger partial charge in [0.15, 0.2) is 12.6 Å². The van der Waals surface area contributed by atoms with E-state index in [1.165, 1.54) is 161 Å². The maximum absolute atomic E-state index is 13.2. The lowest BCUT2D eigenvalue weighted by molar-refractivity contribution is -0.359. The number of rotatable bonds is 47. The molecule has 2 aliphatic heterocycles. The average molecular weight is 1040 g/mol. The average Bonchev–Trinajstić information content (AvgIpc) is 3.39. The lowest BCUT2D eigenvalue weighted by Crippen LogP contribution is -2.65. The van der Waals surface area contributed by atoms with Crippen LogP contribution in [0, 0.1) is 0 Å². The molecule has 0 aromatic heterocycles. The standard InChI is InChI=1S/C59H109NO13/c1-3-5-7-9-11-13-15-17-19-21-22-23-24-25-26-27-28-30-32-34-36-38-40-42-48(63)47(60-51(64)43-41-39-37-35-33-31-29-20-18-16-14-12-10-8-6-4-2)46-70-58-56(69)54(67)57(50(45-62)72-58)73-59-55(68)53(66)52(65)49(44-61)71-59/h26-27,32,34,40,42,47-50,52-59,61-63,65-69H,3-25,28-31,33,35-39,41,43-46H2,1-2H3,(H,60,64)/b27-26+,34-32+,42-40+. The molecule has 2 fully saturated rings. The number of aliphatic hydroxyl groups excluding tert-OH is 8. The van der Waals surface area contributed by atoms with Crippen LogP contribution >= 0.6 is 0 Å². The summed E-state index contributed by atoms with van der Waals surface area (Å²) in [4.78, 5) is 13.2. The summed E-state index contributed by atoms with van der Waals surface area (Å²) >= 11 is 0. The molecule has 14 nitrogen and oxygen atoms in total. The number of carbonyl (C=O) groups is 1. The van der Waals surface area contributed by atoms with Gasteiger partial charge < -0.3 is 65.1 Å². The van der Waals surface area contributed by atoms with Crippen LogP contribution in [0.15, 0.2) is 36.5 Å². The Balaban J connectivity index is 1.80. The summed E-state index contributed by atoms with van der Waals surface area (Å²) in [6.07, 6.45) is 37.6. The minimum Gasteiger partial charge on any atom is -0.394 e. The van der Waals surface area contributed by atoms with Gasteiger partial charge in [-0.15, -0.1) is 0 Å². The summed E-state index contributed by atoms with van der Waals surface area (Å²) in [5.41, 5.74) is 0. The predicted molar refractivity (Wildman–Crippen MR) is 291 cm³/mol. The molecule has 2 heterocycles. The summed E-state index contributed by atoms with van der Waals surface area (Å²) in [5.74, 6) is -0.251. The van der Waals surface area contributed by atoms with Crippen molar-refractivity contribution in [3.05, 3.63) is 36.5 Å². The van der Waals surface area contributed by atoms with E-state index in [2.05, 4.69) is 43.5 Å². The van der Waals surface area contributed by atoms with Crippen LogP contribution in [0.1, 0.15) is 239 Å². The maximum atomic E-state index is 13.2. The monoisotopic (exact) mass is 1040 g/mol. The highest BCUT2D eigenvalue weighted by molar-refractivity contribution is 5.76. The van der Waals surface area contributed by atoms with Crippen LogP contribution < -0.4 is 5.32 Å². The highest BCUT2D eigenvalue weighted by atomic mass is 16.7. The van der Waals surface area contributed by atoms with Crippen molar-refractivity contribution in [1.82, 2.24) is 5.32 Å². The minimum atomic E-state index is -1.79. The maximum Gasteiger partial charge on any atom is 0.220 e. The third-order valence-electron chi connectivity index (χ3n) is 14.6. The van der Waals surface area contributed by atoms with Gasteiger partial charge in [-0.05, 0) is 44.9 Å². The molecule has 73 heavy (non-hydrogen) atoms. The number of allylic oxidation sites excluding steroid dienone is 5. The summed E-state index contributed by atoms with van der Waals surface area (Å²) in [5, 5.41) is 87.0. The Bertz CT molecular complexity index is 1370. The van der Waals surface area contributed by atoms with E-state index in [9.17, 15) is 45.6 Å².